The molecular formula is C22H26F2O2. The summed E-state index contributed by atoms with van der Waals surface area (Å²) in [4.78, 5) is 0. The lowest BCUT2D eigenvalue weighted by Crippen LogP contribution is -2.10. The van der Waals surface area contributed by atoms with E-state index >= 15 is 0 Å². The molecule has 140 valence electrons. The van der Waals surface area contributed by atoms with Crippen LogP contribution in [0, 0.1) is 17.6 Å². The van der Waals surface area contributed by atoms with Crippen LogP contribution in [0.3, 0.4) is 0 Å². The Balaban J connectivity index is 1.61. The largest absolute Gasteiger partial charge is 0.491 e. The van der Waals surface area contributed by atoms with Gasteiger partial charge in [-0.2, -0.15) is 8.78 Å². The maximum atomic E-state index is 14.0. The minimum absolute atomic E-state index is 0.0940. The Hall–Kier alpha value is -2.10. The van der Waals surface area contributed by atoms with Gasteiger partial charge in [0.25, 0.3) is 0 Å². The Kier molecular flexibility index (Phi) is 6.12. The molecule has 1 aliphatic carbocycles. The molecule has 0 radical (unpaired) electrons. The zero-order valence-electron chi connectivity index (χ0n) is 15.4. The zero-order valence-corrected chi connectivity index (χ0v) is 15.4. The molecule has 2 aromatic rings. The summed E-state index contributed by atoms with van der Waals surface area (Å²) < 4.78 is 38.4. The monoisotopic (exact) mass is 360 g/mol. The van der Waals surface area contributed by atoms with Crippen molar-refractivity contribution in [2.75, 3.05) is 6.61 Å². The third kappa shape index (κ3) is 4.35. The minimum Gasteiger partial charge on any atom is -0.491 e. The van der Waals surface area contributed by atoms with Crippen LogP contribution in [0.5, 0.6) is 11.5 Å². The van der Waals surface area contributed by atoms with E-state index in [9.17, 15) is 8.78 Å². The standard InChI is InChI=1S/C22H26F2O2/c1-3-25-19-12-13-20(22(24)21(19)23)26-14-16-6-10-18(11-7-16)17-8-4-15(2)5-9-17/h6-7,10-13,15,17H,3-5,8-9,14H2,1-2H3. The molecule has 2 aromatic carbocycles. The molecule has 1 fully saturated rings. The summed E-state index contributed by atoms with van der Waals surface area (Å²) in [6.45, 7) is 4.52. The van der Waals surface area contributed by atoms with Gasteiger partial charge in [0.15, 0.2) is 11.5 Å². The summed E-state index contributed by atoms with van der Waals surface area (Å²) in [5.41, 5.74) is 2.30. The van der Waals surface area contributed by atoms with Crippen LogP contribution in [0.25, 0.3) is 0 Å². The maximum absolute atomic E-state index is 14.0. The van der Waals surface area contributed by atoms with Gasteiger partial charge in [-0.05, 0) is 54.9 Å². The smallest absolute Gasteiger partial charge is 0.204 e. The Morgan fingerprint density at radius 2 is 1.42 bits per heavy atom. The Morgan fingerprint density at radius 1 is 0.846 bits per heavy atom. The first-order chi connectivity index (χ1) is 12.6. The van der Waals surface area contributed by atoms with Crippen LogP contribution in [0.15, 0.2) is 36.4 Å². The fourth-order valence-electron chi connectivity index (χ4n) is 3.53. The third-order valence-corrected chi connectivity index (χ3v) is 5.17. The second-order valence-electron chi connectivity index (χ2n) is 7.11. The molecule has 1 saturated carbocycles. The fourth-order valence-corrected chi connectivity index (χ4v) is 3.53. The molecule has 0 saturated heterocycles. The highest BCUT2D eigenvalue weighted by atomic mass is 19.2. The number of ether oxygens (including phenoxy) is 2. The Bertz CT molecular complexity index is 720. The first kappa shape index (κ1) is 18.7. The number of benzene rings is 2. The molecule has 1 aliphatic rings. The molecule has 0 atom stereocenters. The molecule has 0 aliphatic heterocycles. The zero-order chi connectivity index (χ0) is 18.5. The first-order valence-corrected chi connectivity index (χ1v) is 9.41. The van der Waals surface area contributed by atoms with E-state index in [1.54, 1.807) is 6.92 Å². The van der Waals surface area contributed by atoms with Crippen molar-refractivity contribution in [2.24, 2.45) is 5.92 Å². The predicted molar refractivity (Wildman–Crippen MR) is 98.7 cm³/mol. The van der Waals surface area contributed by atoms with Gasteiger partial charge < -0.3 is 9.47 Å². The van der Waals surface area contributed by atoms with Gasteiger partial charge in [-0.3, -0.25) is 0 Å². The van der Waals surface area contributed by atoms with Crippen LogP contribution >= 0.6 is 0 Å². The first-order valence-electron chi connectivity index (χ1n) is 9.41. The van der Waals surface area contributed by atoms with Crippen molar-refractivity contribution < 1.29 is 18.3 Å². The number of rotatable bonds is 6. The van der Waals surface area contributed by atoms with Crippen molar-refractivity contribution in [1.29, 1.82) is 0 Å². The molecular weight excluding hydrogens is 334 g/mol. The van der Waals surface area contributed by atoms with E-state index in [0.717, 1.165) is 11.5 Å². The molecule has 0 heterocycles. The Labute approximate surface area is 154 Å². The van der Waals surface area contributed by atoms with Crippen molar-refractivity contribution in [3.8, 4) is 11.5 Å². The molecule has 2 nitrogen and oxygen atoms in total. The highest BCUT2D eigenvalue weighted by Gasteiger charge is 2.19. The average Bonchev–Trinajstić information content (AvgIpc) is 2.66. The van der Waals surface area contributed by atoms with Crippen molar-refractivity contribution >= 4 is 0 Å². The normalized spacial score (nSPS) is 20.0. The summed E-state index contributed by atoms with van der Waals surface area (Å²) in [7, 11) is 0. The topological polar surface area (TPSA) is 18.5 Å². The summed E-state index contributed by atoms with van der Waals surface area (Å²) in [5, 5.41) is 0. The maximum Gasteiger partial charge on any atom is 0.204 e. The number of halogens is 2. The lowest BCUT2D eigenvalue weighted by Gasteiger charge is -2.26. The fraction of sp³-hybridized carbons (Fsp3) is 0.455. The molecule has 0 bridgehead atoms. The van der Waals surface area contributed by atoms with Gasteiger partial charge in [0.05, 0.1) is 6.61 Å². The summed E-state index contributed by atoms with van der Waals surface area (Å²) in [5.74, 6) is -0.739. The van der Waals surface area contributed by atoms with Gasteiger partial charge in [0.2, 0.25) is 11.6 Å². The molecule has 0 N–H and O–H groups in total. The lowest BCUT2D eigenvalue weighted by molar-refractivity contribution is 0.274. The second-order valence-corrected chi connectivity index (χ2v) is 7.11. The highest BCUT2D eigenvalue weighted by Crippen LogP contribution is 2.35. The van der Waals surface area contributed by atoms with E-state index in [1.165, 1.54) is 43.4 Å². The van der Waals surface area contributed by atoms with E-state index < -0.39 is 11.6 Å². The van der Waals surface area contributed by atoms with Crippen molar-refractivity contribution in [2.45, 2.75) is 52.1 Å². The van der Waals surface area contributed by atoms with E-state index in [2.05, 4.69) is 19.1 Å². The minimum atomic E-state index is -1.01. The Morgan fingerprint density at radius 3 is 2.00 bits per heavy atom. The van der Waals surface area contributed by atoms with E-state index in [0.29, 0.717) is 5.92 Å². The van der Waals surface area contributed by atoms with Crippen LogP contribution in [0.2, 0.25) is 0 Å². The van der Waals surface area contributed by atoms with Gasteiger partial charge in [0.1, 0.15) is 6.61 Å². The molecule has 4 heteroatoms. The molecule has 0 spiro atoms. The van der Waals surface area contributed by atoms with Crippen LogP contribution in [0.4, 0.5) is 8.78 Å². The SMILES string of the molecule is CCOc1ccc(OCc2ccc(C3CCC(C)CC3)cc2)c(F)c1F. The highest BCUT2D eigenvalue weighted by molar-refractivity contribution is 5.35. The van der Waals surface area contributed by atoms with Gasteiger partial charge >= 0.3 is 0 Å². The van der Waals surface area contributed by atoms with Crippen LogP contribution < -0.4 is 9.47 Å². The van der Waals surface area contributed by atoms with Crippen molar-refractivity contribution in [1.82, 2.24) is 0 Å². The molecule has 0 unspecified atom stereocenters. The van der Waals surface area contributed by atoms with Crippen LogP contribution in [-0.2, 0) is 6.61 Å². The average molecular weight is 360 g/mol. The lowest BCUT2D eigenvalue weighted by atomic mass is 9.79. The van der Waals surface area contributed by atoms with E-state index in [-0.39, 0.29) is 24.7 Å². The van der Waals surface area contributed by atoms with Crippen LogP contribution in [-0.4, -0.2) is 6.61 Å². The van der Waals surface area contributed by atoms with Crippen molar-refractivity contribution in [3.63, 3.8) is 0 Å². The predicted octanol–water partition coefficient (Wildman–Crippen LogP) is 6.24. The summed E-state index contributed by atoms with van der Waals surface area (Å²) in [6.07, 6.45) is 5.07. The van der Waals surface area contributed by atoms with E-state index in [4.69, 9.17) is 9.47 Å². The summed E-state index contributed by atoms with van der Waals surface area (Å²) in [6, 6.07) is 11.1. The molecule has 0 amide bonds. The number of hydrogen-bond acceptors (Lipinski definition) is 2. The third-order valence-electron chi connectivity index (χ3n) is 5.17. The van der Waals surface area contributed by atoms with Gasteiger partial charge in [-0.1, -0.05) is 44.0 Å². The van der Waals surface area contributed by atoms with E-state index in [1.807, 2.05) is 12.1 Å². The number of hydrogen-bond donors (Lipinski definition) is 0. The molecule has 3 rings (SSSR count). The summed E-state index contributed by atoms with van der Waals surface area (Å²) >= 11 is 0. The second kappa shape index (κ2) is 8.52. The molecule has 26 heavy (non-hydrogen) atoms. The van der Waals surface area contributed by atoms with Gasteiger partial charge in [0, 0.05) is 0 Å². The van der Waals surface area contributed by atoms with Gasteiger partial charge in [-0.25, -0.2) is 0 Å². The quantitative estimate of drug-likeness (QED) is 0.607. The van der Waals surface area contributed by atoms with Gasteiger partial charge in [-0.15, -0.1) is 0 Å². The van der Waals surface area contributed by atoms with Crippen LogP contribution in [0.1, 0.15) is 56.6 Å². The van der Waals surface area contributed by atoms with Crippen molar-refractivity contribution in [3.05, 3.63) is 59.2 Å². The molecule has 0 aromatic heterocycles.